The fourth-order valence-electron chi connectivity index (χ4n) is 1.95. The lowest BCUT2D eigenvalue weighted by Gasteiger charge is -2.19. The summed E-state index contributed by atoms with van der Waals surface area (Å²) < 4.78 is 0. The summed E-state index contributed by atoms with van der Waals surface area (Å²) in [6.07, 6.45) is 1.78. The van der Waals surface area contributed by atoms with Crippen molar-refractivity contribution in [3.63, 3.8) is 0 Å². The first-order chi connectivity index (χ1) is 8.63. The number of amides is 2. The summed E-state index contributed by atoms with van der Waals surface area (Å²) in [5.74, 6) is -0.701. The minimum absolute atomic E-state index is 0.0631. The molecule has 0 aliphatic heterocycles. The van der Waals surface area contributed by atoms with Gasteiger partial charge in [-0.1, -0.05) is 12.1 Å². The van der Waals surface area contributed by atoms with Crippen LogP contribution in [0.15, 0.2) is 30.5 Å². The highest BCUT2D eigenvalue weighted by Crippen LogP contribution is 2.18. The Balaban J connectivity index is 2.37. The van der Waals surface area contributed by atoms with Gasteiger partial charge in [0.1, 0.15) is 0 Å². The second-order valence-electron chi connectivity index (χ2n) is 4.03. The highest BCUT2D eigenvalue weighted by molar-refractivity contribution is 6.06. The number of hydrogen-bond acceptors (Lipinski definition) is 2. The number of carbonyl (C=O) groups excluding carboxylic acids is 2. The molecule has 0 unspecified atom stereocenters. The third kappa shape index (κ3) is 2.20. The summed E-state index contributed by atoms with van der Waals surface area (Å²) in [5.41, 5.74) is 6.48. The van der Waals surface area contributed by atoms with Gasteiger partial charge in [-0.15, -0.1) is 0 Å². The Kier molecular flexibility index (Phi) is 3.32. The molecule has 0 aliphatic carbocycles. The number of para-hydroxylation sites is 1. The molecule has 5 heteroatoms. The summed E-state index contributed by atoms with van der Waals surface area (Å²) in [7, 11) is 0. The first-order valence-electron chi connectivity index (χ1n) is 5.77. The lowest BCUT2D eigenvalue weighted by atomic mass is 10.1. The highest BCUT2D eigenvalue weighted by atomic mass is 16.2. The van der Waals surface area contributed by atoms with Crippen molar-refractivity contribution < 1.29 is 9.59 Å². The van der Waals surface area contributed by atoms with Crippen molar-refractivity contribution in [1.29, 1.82) is 0 Å². The Hall–Kier alpha value is -2.30. The van der Waals surface area contributed by atoms with Crippen molar-refractivity contribution in [1.82, 2.24) is 9.88 Å². The summed E-state index contributed by atoms with van der Waals surface area (Å²) in [4.78, 5) is 27.7. The molecule has 2 aromatic rings. The molecule has 0 aliphatic rings. The molecule has 5 nitrogen and oxygen atoms in total. The Bertz CT molecular complexity index is 589. The topological polar surface area (TPSA) is 79.2 Å². The summed E-state index contributed by atoms with van der Waals surface area (Å²) >= 11 is 0. The Labute approximate surface area is 105 Å². The van der Waals surface area contributed by atoms with E-state index in [1.54, 1.807) is 12.3 Å². The van der Waals surface area contributed by atoms with E-state index in [0.717, 1.165) is 10.9 Å². The van der Waals surface area contributed by atoms with Crippen LogP contribution >= 0.6 is 0 Å². The summed E-state index contributed by atoms with van der Waals surface area (Å²) in [5, 5.41) is 0.968. The second-order valence-corrected chi connectivity index (χ2v) is 4.03. The highest BCUT2D eigenvalue weighted by Gasteiger charge is 2.18. The minimum Gasteiger partial charge on any atom is -0.368 e. The van der Waals surface area contributed by atoms with Gasteiger partial charge in [0.25, 0.3) is 5.91 Å². The van der Waals surface area contributed by atoms with E-state index in [2.05, 4.69) is 4.98 Å². The number of likely N-dealkylation sites (N-methyl/N-ethyl adjacent to an activating group) is 1. The van der Waals surface area contributed by atoms with Gasteiger partial charge in [0, 0.05) is 18.1 Å². The van der Waals surface area contributed by atoms with Crippen LogP contribution in [0, 0.1) is 0 Å². The van der Waals surface area contributed by atoms with E-state index in [4.69, 9.17) is 5.73 Å². The molecule has 0 saturated carbocycles. The maximum absolute atomic E-state index is 12.3. The largest absolute Gasteiger partial charge is 0.368 e. The first kappa shape index (κ1) is 12.2. The molecule has 1 aromatic heterocycles. The van der Waals surface area contributed by atoms with E-state index in [-0.39, 0.29) is 12.5 Å². The van der Waals surface area contributed by atoms with Crippen LogP contribution in [-0.4, -0.2) is 34.8 Å². The Morgan fingerprint density at radius 3 is 2.78 bits per heavy atom. The molecule has 1 heterocycles. The van der Waals surface area contributed by atoms with E-state index in [1.165, 1.54) is 4.90 Å². The number of nitrogens with one attached hydrogen (secondary N) is 1. The zero-order valence-corrected chi connectivity index (χ0v) is 10.1. The molecule has 0 fully saturated rings. The molecular weight excluding hydrogens is 230 g/mol. The molecule has 1 aromatic carbocycles. The molecule has 0 spiro atoms. The van der Waals surface area contributed by atoms with Crippen LogP contribution in [0.3, 0.4) is 0 Å². The second kappa shape index (κ2) is 4.91. The number of fused-ring (bicyclic) bond motifs is 1. The third-order valence-electron chi connectivity index (χ3n) is 2.83. The average Bonchev–Trinajstić information content (AvgIpc) is 2.82. The maximum atomic E-state index is 12.3. The van der Waals surface area contributed by atoms with Gasteiger partial charge in [-0.25, -0.2) is 0 Å². The average molecular weight is 245 g/mol. The predicted octanol–water partition coefficient (Wildman–Crippen LogP) is 1.12. The number of nitrogens with zero attached hydrogens (tertiary/aromatic N) is 1. The molecule has 18 heavy (non-hydrogen) atoms. The van der Waals surface area contributed by atoms with Gasteiger partial charge in [-0.05, 0) is 19.1 Å². The molecule has 2 rings (SSSR count). The summed E-state index contributed by atoms with van der Waals surface area (Å²) in [6, 6.07) is 7.38. The van der Waals surface area contributed by atoms with Crippen LogP contribution in [0.4, 0.5) is 0 Å². The number of benzene rings is 1. The van der Waals surface area contributed by atoms with Gasteiger partial charge in [-0.3, -0.25) is 9.59 Å². The zero-order chi connectivity index (χ0) is 13.1. The van der Waals surface area contributed by atoms with E-state index in [1.807, 2.05) is 25.1 Å². The van der Waals surface area contributed by atoms with Crippen molar-refractivity contribution in [3.05, 3.63) is 36.0 Å². The van der Waals surface area contributed by atoms with Gasteiger partial charge >= 0.3 is 0 Å². The van der Waals surface area contributed by atoms with E-state index >= 15 is 0 Å². The molecule has 3 N–H and O–H groups in total. The van der Waals surface area contributed by atoms with E-state index in [9.17, 15) is 9.59 Å². The predicted molar refractivity (Wildman–Crippen MR) is 69.1 cm³/mol. The smallest absolute Gasteiger partial charge is 0.256 e. The van der Waals surface area contributed by atoms with Crippen LogP contribution in [0.5, 0.6) is 0 Å². The molecule has 2 amide bonds. The number of carbonyl (C=O) groups is 2. The van der Waals surface area contributed by atoms with Crippen LogP contribution < -0.4 is 5.73 Å². The number of rotatable bonds is 4. The van der Waals surface area contributed by atoms with Crippen LogP contribution in [0.2, 0.25) is 0 Å². The van der Waals surface area contributed by atoms with E-state index in [0.29, 0.717) is 12.1 Å². The molecule has 0 atom stereocenters. The van der Waals surface area contributed by atoms with Crippen molar-refractivity contribution in [3.8, 4) is 0 Å². The number of nitrogens with two attached hydrogens (primary N) is 1. The fraction of sp³-hybridized carbons (Fsp3) is 0.231. The lowest BCUT2D eigenvalue weighted by molar-refractivity contribution is -0.118. The summed E-state index contributed by atoms with van der Waals surface area (Å²) in [6.45, 7) is 2.20. The van der Waals surface area contributed by atoms with Crippen molar-refractivity contribution in [2.75, 3.05) is 13.1 Å². The van der Waals surface area contributed by atoms with Gasteiger partial charge in [0.2, 0.25) is 5.91 Å². The quantitative estimate of drug-likeness (QED) is 0.846. The molecule has 94 valence electrons. The maximum Gasteiger partial charge on any atom is 0.256 e. The van der Waals surface area contributed by atoms with Crippen molar-refractivity contribution in [2.45, 2.75) is 6.92 Å². The molecule has 0 radical (unpaired) electrons. The third-order valence-corrected chi connectivity index (χ3v) is 2.83. The van der Waals surface area contributed by atoms with Crippen LogP contribution in [0.1, 0.15) is 17.3 Å². The first-order valence-corrected chi connectivity index (χ1v) is 5.77. The van der Waals surface area contributed by atoms with Crippen LogP contribution in [-0.2, 0) is 4.79 Å². The Morgan fingerprint density at radius 2 is 2.11 bits per heavy atom. The SMILES string of the molecule is CCN(CC(N)=O)C(=O)c1cccc2cc[nH]c12. The minimum atomic E-state index is -0.510. The number of primary amides is 1. The van der Waals surface area contributed by atoms with Gasteiger partial charge in [-0.2, -0.15) is 0 Å². The fourth-order valence-corrected chi connectivity index (χ4v) is 1.95. The molecule has 0 bridgehead atoms. The number of aromatic nitrogens is 1. The number of H-pyrrole nitrogens is 1. The van der Waals surface area contributed by atoms with E-state index < -0.39 is 5.91 Å². The van der Waals surface area contributed by atoms with Gasteiger partial charge < -0.3 is 15.6 Å². The number of aromatic amines is 1. The van der Waals surface area contributed by atoms with Gasteiger partial charge in [0.05, 0.1) is 17.6 Å². The van der Waals surface area contributed by atoms with Crippen LogP contribution in [0.25, 0.3) is 10.9 Å². The Morgan fingerprint density at radius 1 is 1.33 bits per heavy atom. The van der Waals surface area contributed by atoms with Crippen molar-refractivity contribution in [2.24, 2.45) is 5.73 Å². The molecular formula is C13H15N3O2. The molecule has 0 saturated heterocycles. The number of hydrogen-bond donors (Lipinski definition) is 2. The monoisotopic (exact) mass is 245 g/mol. The normalized spacial score (nSPS) is 10.5. The lowest BCUT2D eigenvalue weighted by Crippen LogP contribution is -2.38. The standard InChI is InChI=1S/C13H15N3O2/c1-2-16(8-11(14)17)13(18)10-5-3-4-9-6-7-15-12(9)10/h3-7,15H,2,8H2,1H3,(H2,14,17). The van der Waals surface area contributed by atoms with Gasteiger partial charge in [0.15, 0.2) is 0 Å². The zero-order valence-electron chi connectivity index (χ0n) is 10.1. The van der Waals surface area contributed by atoms with Crippen molar-refractivity contribution >= 4 is 22.7 Å².